The van der Waals surface area contributed by atoms with E-state index >= 15 is 0 Å². The number of hydrogen-bond donors (Lipinski definition) is 1. The van der Waals surface area contributed by atoms with E-state index in [-0.39, 0.29) is 0 Å². The van der Waals surface area contributed by atoms with Crippen molar-refractivity contribution >= 4 is 0 Å². The molecule has 0 saturated heterocycles. The van der Waals surface area contributed by atoms with Crippen LogP contribution in [0.5, 0.6) is 0 Å². The van der Waals surface area contributed by atoms with Crippen molar-refractivity contribution in [3.05, 3.63) is 48.3 Å². The number of rotatable bonds is 8. The van der Waals surface area contributed by atoms with Crippen molar-refractivity contribution in [1.29, 1.82) is 0 Å². The molecule has 0 radical (unpaired) electrons. The third-order valence-corrected chi connectivity index (χ3v) is 3.38. The molecule has 0 fully saturated rings. The Morgan fingerprint density at radius 3 is 1.74 bits per heavy atom. The maximum Gasteiger partial charge on any atom is 0.103 e. The van der Waals surface area contributed by atoms with Gasteiger partial charge in [0.25, 0.3) is 0 Å². The lowest BCUT2D eigenvalue weighted by atomic mass is 10.1. The van der Waals surface area contributed by atoms with Crippen molar-refractivity contribution in [2.24, 2.45) is 0 Å². The van der Waals surface area contributed by atoms with Crippen LogP contribution < -0.4 is 5.32 Å². The average Bonchev–Trinajstić information content (AvgIpc) is 3.07. The normalized spacial score (nSPS) is 14.4. The minimum atomic E-state index is 0.497. The van der Waals surface area contributed by atoms with Gasteiger partial charge < -0.3 is 14.2 Å². The topological polar surface area (TPSA) is 38.3 Å². The van der Waals surface area contributed by atoms with E-state index in [9.17, 15) is 0 Å². The second-order valence-electron chi connectivity index (χ2n) is 5.20. The Kier molecular flexibility index (Phi) is 5.28. The Balaban J connectivity index is 1.62. The molecule has 0 aromatic carbocycles. The third kappa shape index (κ3) is 4.95. The van der Waals surface area contributed by atoms with Gasteiger partial charge in [-0.15, -0.1) is 0 Å². The molecule has 2 aromatic rings. The van der Waals surface area contributed by atoms with Gasteiger partial charge in [0.2, 0.25) is 0 Å². The summed E-state index contributed by atoms with van der Waals surface area (Å²) in [4.78, 5) is 0. The van der Waals surface area contributed by atoms with Gasteiger partial charge in [-0.1, -0.05) is 0 Å². The Hall–Kier alpha value is -1.48. The van der Waals surface area contributed by atoms with Crippen LogP contribution in [0.2, 0.25) is 0 Å². The molecule has 3 nitrogen and oxygen atoms in total. The first-order valence-electron chi connectivity index (χ1n) is 7.05. The highest BCUT2D eigenvalue weighted by molar-refractivity contribution is 4.99. The number of nitrogens with one attached hydrogen (secondary N) is 1. The first-order chi connectivity index (χ1) is 9.24. The van der Waals surface area contributed by atoms with E-state index in [2.05, 4.69) is 19.2 Å². The molecule has 2 rings (SSSR count). The van der Waals surface area contributed by atoms with E-state index in [4.69, 9.17) is 8.83 Å². The number of furan rings is 2. The molecule has 19 heavy (non-hydrogen) atoms. The maximum absolute atomic E-state index is 5.35. The predicted molar refractivity (Wildman–Crippen MR) is 76.1 cm³/mol. The van der Waals surface area contributed by atoms with E-state index in [1.807, 2.05) is 24.3 Å². The van der Waals surface area contributed by atoms with Crippen LogP contribution in [-0.4, -0.2) is 12.1 Å². The minimum Gasteiger partial charge on any atom is -0.469 e. The Bertz CT molecular complexity index is 391. The van der Waals surface area contributed by atoms with Gasteiger partial charge in [-0.2, -0.15) is 0 Å². The summed E-state index contributed by atoms with van der Waals surface area (Å²) in [6.45, 7) is 4.46. The Morgan fingerprint density at radius 1 is 0.895 bits per heavy atom. The molecule has 2 heterocycles. The van der Waals surface area contributed by atoms with Crippen LogP contribution in [0.4, 0.5) is 0 Å². The zero-order valence-corrected chi connectivity index (χ0v) is 11.8. The fourth-order valence-corrected chi connectivity index (χ4v) is 2.28. The molecule has 104 valence electrons. The Labute approximate surface area is 115 Å². The van der Waals surface area contributed by atoms with Gasteiger partial charge in [0, 0.05) is 24.9 Å². The summed E-state index contributed by atoms with van der Waals surface area (Å²) >= 11 is 0. The highest BCUT2D eigenvalue weighted by Crippen LogP contribution is 2.09. The van der Waals surface area contributed by atoms with E-state index in [0.717, 1.165) is 37.2 Å². The molecule has 0 saturated carbocycles. The molecular formula is C16H23NO2. The molecule has 1 N–H and O–H groups in total. The van der Waals surface area contributed by atoms with Gasteiger partial charge in [0.15, 0.2) is 0 Å². The van der Waals surface area contributed by atoms with Crippen molar-refractivity contribution in [3.8, 4) is 0 Å². The summed E-state index contributed by atoms with van der Waals surface area (Å²) in [6.07, 6.45) is 7.65. The summed E-state index contributed by atoms with van der Waals surface area (Å²) in [6, 6.07) is 8.95. The zero-order valence-electron chi connectivity index (χ0n) is 11.8. The summed E-state index contributed by atoms with van der Waals surface area (Å²) in [5.74, 6) is 2.13. The summed E-state index contributed by atoms with van der Waals surface area (Å²) in [5, 5.41) is 3.62. The van der Waals surface area contributed by atoms with Crippen LogP contribution in [0, 0.1) is 0 Å². The van der Waals surface area contributed by atoms with Crippen molar-refractivity contribution in [3.63, 3.8) is 0 Å². The van der Waals surface area contributed by atoms with Crippen LogP contribution >= 0.6 is 0 Å². The monoisotopic (exact) mass is 261 g/mol. The zero-order chi connectivity index (χ0) is 13.5. The SMILES string of the molecule is CC(CCc1ccco1)NC(C)CCc1ccco1. The van der Waals surface area contributed by atoms with Gasteiger partial charge in [0.1, 0.15) is 11.5 Å². The molecular weight excluding hydrogens is 238 g/mol. The molecule has 2 unspecified atom stereocenters. The molecule has 2 atom stereocenters. The summed E-state index contributed by atoms with van der Waals surface area (Å²) in [5.41, 5.74) is 0. The van der Waals surface area contributed by atoms with Crippen molar-refractivity contribution < 1.29 is 8.83 Å². The molecule has 0 spiro atoms. The van der Waals surface area contributed by atoms with Crippen LogP contribution in [0.3, 0.4) is 0 Å². The predicted octanol–water partition coefficient (Wildman–Crippen LogP) is 3.80. The van der Waals surface area contributed by atoms with E-state index in [0.29, 0.717) is 12.1 Å². The molecule has 0 amide bonds. The second kappa shape index (κ2) is 7.19. The smallest absolute Gasteiger partial charge is 0.103 e. The van der Waals surface area contributed by atoms with Gasteiger partial charge in [-0.25, -0.2) is 0 Å². The maximum atomic E-state index is 5.35. The average molecular weight is 261 g/mol. The third-order valence-electron chi connectivity index (χ3n) is 3.38. The van der Waals surface area contributed by atoms with Crippen LogP contribution in [0.15, 0.2) is 45.6 Å². The first-order valence-corrected chi connectivity index (χ1v) is 7.05. The molecule has 0 aliphatic heterocycles. The fraction of sp³-hybridized carbons (Fsp3) is 0.500. The van der Waals surface area contributed by atoms with Crippen molar-refractivity contribution in [2.45, 2.75) is 51.6 Å². The van der Waals surface area contributed by atoms with E-state index < -0.39 is 0 Å². The highest BCUT2D eigenvalue weighted by atomic mass is 16.3. The van der Waals surface area contributed by atoms with Crippen molar-refractivity contribution in [1.82, 2.24) is 5.32 Å². The quantitative estimate of drug-likeness (QED) is 0.785. The lowest BCUT2D eigenvalue weighted by Gasteiger charge is -2.19. The van der Waals surface area contributed by atoms with Gasteiger partial charge in [-0.3, -0.25) is 0 Å². The van der Waals surface area contributed by atoms with Crippen LogP contribution in [0.1, 0.15) is 38.2 Å². The lowest BCUT2D eigenvalue weighted by Crippen LogP contribution is -2.35. The molecule has 0 aliphatic rings. The van der Waals surface area contributed by atoms with Gasteiger partial charge in [-0.05, 0) is 51.0 Å². The standard InChI is InChI=1S/C16H23NO2/c1-13(7-9-15-5-3-11-18-15)17-14(2)8-10-16-6-4-12-19-16/h3-6,11-14,17H,7-10H2,1-2H3. The minimum absolute atomic E-state index is 0.497. The van der Waals surface area contributed by atoms with Crippen LogP contribution in [0.25, 0.3) is 0 Å². The number of aryl methyl sites for hydroxylation is 2. The summed E-state index contributed by atoms with van der Waals surface area (Å²) < 4.78 is 10.7. The molecule has 0 bridgehead atoms. The van der Waals surface area contributed by atoms with Gasteiger partial charge >= 0.3 is 0 Å². The largest absolute Gasteiger partial charge is 0.469 e. The van der Waals surface area contributed by atoms with Crippen molar-refractivity contribution in [2.75, 3.05) is 0 Å². The Morgan fingerprint density at radius 2 is 1.37 bits per heavy atom. The second-order valence-corrected chi connectivity index (χ2v) is 5.20. The fourth-order valence-electron chi connectivity index (χ4n) is 2.28. The molecule has 0 aliphatic carbocycles. The van der Waals surface area contributed by atoms with Gasteiger partial charge in [0.05, 0.1) is 12.5 Å². The number of hydrogen-bond acceptors (Lipinski definition) is 3. The molecule has 2 aromatic heterocycles. The van der Waals surface area contributed by atoms with E-state index in [1.54, 1.807) is 12.5 Å². The first kappa shape index (κ1) is 13.9. The highest BCUT2D eigenvalue weighted by Gasteiger charge is 2.09. The molecule has 3 heteroatoms. The summed E-state index contributed by atoms with van der Waals surface area (Å²) in [7, 11) is 0. The lowest BCUT2D eigenvalue weighted by molar-refractivity contribution is 0.401. The van der Waals surface area contributed by atoms with E-state index in [1.165, 1.54) is 0 Å². The van der Waals surface area contributed by atoms with Crippen LogP contribution in [-0.2, 0) is 12.8 Å².